The standard InChI is InChI=1S/C19H20O/c1-20-19-11-8-15(9-12-19)7-10-17-14-18(17)13-16-5-3-2-4-6-16/h2-6,8-9,11-13,17H,7,10,14H2,1H3/b18-13-. The molecule has 2 aromatic rings. The van der Waals surface area contributed by atoms with Crippen LogP contribution >= 0.6 is 0 Å². The van der Waals surface area contributed by atoms with Crippen LogP contribution in [0.3, 0.4) is 0 Å². The van der Waals surface area contributed by atoms with Crippen LogP contribution in [0, 0.1) is 5.92 Å². The predicted octanol–water partition coefficient (Wildman–Crippen LogP) is 4.73. The van der Waals surface area contributed by atoms with E-state index in [1.165, 1.54) is 24.0 Å². The molecule has 0 saturated heterocycles. The Kier molecular flexibility index (Phi) is 3.87. The summed E-state index contributed by atoms with van der Waals surface area (Å²) in [4.78, 5) is 0. The Morgan fingerprint density at radius 1 is 1.05 bits per heavy atom. The summed E-state index contributed by atoms with van der Waals surface area (Å²) < 4.78 is 5.18. The van der Waals surface area contributed by atoms with Crippen LogP contribution < -0.4 is 4.74 Å². The molecule has 0 heterocycles. The van der Waals surface area contributed by atoms with Gasteiger partial charge in [-0.25, -0.2) is 0 Å². The van der Waals surface area contributed by atoms with Crippen molar-refractivity contribution in [2.75, 3.05) is 7.11 Å². The first-order valence-corrected chi connectivity index (χ1v) is 7.23. The molecule has 0 amide bonds. The first-order chi connectivity index (χ1) is 9.85. The molecular formula is C19H20O. The van der Waals surface area contributed by atoms with E-state index < -0.39 is 0 Å². The van der Waals surface area contributed by atoms with Crippen LogP contribution in [0.25, 0.3) is 6.08 Å². The number of methoxy groups -OCH3 is 1. The Labute approximate surface area is 120 Å². The van der Waals surface area contributed by atoms with Crippen molar-refractivity contribution in [2.45, 2.75) is 19.3 Å². The van der Waals surface area contributed by atoms with Crippen molar-refractivity contribution in [2.24, 2.45) is 5.92 Å². The summed E-state index contributed by atoms with van der Waals surface area (Å²) >= 11 is 0. The maximum atomic E-state index is 5.18. The molecule has 3 rings (SSSR count). The number of ether oxygens (including phenoxy) is 1. The maximum absolute atomic E-state index is 5.18. The van der Waals surface area contributed by atoms with Gasteiger partial charge >= 0.3 is 0 Å². The molecule has 0 radical (unpaired) electrons. The minimum absolute atomic E-state index is 0.789. The highest BCUT2D eigenvalue weighted by molar-refractivity contribution is 5.57. The monoisotopic (exact) mass is 264 g/mol. The molecular weight excluding hydrogens is 244 g/mol. The molecule has 0 spiro atoms. The molecule has 1 atom stereocenters. The van der Waals surface area contributed by atoms with Crippen molar-refractivity contribution < 1.29 is 4.74 Å². The lowest BCUT2D eigenvalue weighted by Crippen LogP contribution is -1.88. The number of aryl methyl sites for hydroxylation is 1. The van der Waals surface area contributed by atoms with Crippen molar-refractivity contribution in [1.82, 2.24) is 0 Å². The molecule has 1 saturated carbocycles. The largest absolute Gasteiger partial charge is 0.497 e. The van der Waals surface area contributed by atoms with Gasteiger partial charge in [-0.1, -0.05) is 54.1 Å². The van der Waals surface area contributed by atoms with Crippen LogP contribution in [0.2, 0.25) is 0 Å². The summed E-state index contributed by atoms with van der Waals surface area (Å²) in [7, 11) is 1.71. The van der Waals surface area contributed by atoms with Crippen molar-refractivity contribution in [1.29, 1.82) is 0 Å². The maximum Gasteiger partial charge on any atom is 0.118 e. The van der Waals surface area contributed by atoms with Crippen molar-refractivity contribution in [3.8, 4) is 5.75 Å². The predicted molar refractivity (Wildman–Crippen MR) is 83.8 cm³/mol. The highest BCUT2D eigenvalue weighted by Crippen LogP contribution is 2.42. The van der Waals surface area contributed by atoms with Gasteiger partial charge in [0.2, 0.25) is 0 Å². The van der Waals surface area contributed by atoms with E-state index in [1.54, 1.807) is 12.7 Å². The van der Waals surface area contributed by atoms with Crippen LogP contribution in [0.1, 0.15) is 24.0 Å². The van der Waals surface area contributed by atoms with Gasteiger partial charge in [-0.05, 0) is 48.4 Å². The molecule has 2 aromatic carbocycles. The summed E-state index contributed by atoms with van der Waals surface area (Å²) in [5, 5.41) is 0. The molecule has 0 aliphatic heterocycles. The first kappa shape index (κ1) is 13.0. The van der Waals surface area contributed by atoms with Crippen molar-refractivity contribution >= 4 is 6.08 Å². The van der Waals surface area contributed by atoms with Gasteiger partial charge in [0.1, 0.15) is 5.75 Å². The molecule has 20 heavy (non-hydrogen) atoms. The van der Waals surface area contributed by atoms with Gasteiger partial charge in [0.05, 0.1) is 7.11 Å². The van der Waals surface area contributed by atoms with E-state index in [0.29, 0.717) is 0 Å². The third-order valence-electron chi connectivity index (χ3n) is 3.94. The molecule has 0 aromatic heterocycles. The number of hydrogen-bond acceptors (Lipinski definition) is 1. The van der Waals surface area contributed by atoms with Gasteiger partial charge in [0.15, 0.2) is 0 Å². The van der Waals surface area contributed by atoms with E-state index in [4.69, 9.17) is 4.74 Å². The van der Waals surface area contributed by atoms with Crippen LogP contribution in [-0.4, -0.2) is 7.11 Å². The zero-order valence-electron chi connectivity index (χ0n) is 11.9. The van der Waals surface area contributed by atoms with Crippen molar-refractivity contribution in [3.63, 3.8) is 0 Å². The lowest BCUT2D eigenvalue weighted by Gasteiger charge is -2.02. The number of rotatable bonds is 5. The third kappa shape index (κ3) is 3.30. The van der Waals surface area contributed by atoms with E-state index in [2.05, 4.69) is 48.5 Å². The summed E-state index contributed by atoms with van der Waals surface area (Å²) in [5.74, 6) is 1.72. The van der Waals surface area contributed by atoms with Gasteiger partial charge in [0.25, 0.3) is 0 Å². The Hall–Kier alpha value is -2.02. The van der Waals surface area contributed by atoms with E-state index in [-0.39, 0.29) is 0 Å². The summed E-state index contributed by atoms with van der Waals surface area (Å²) in [6.45, 7) is 0. The quantitative estimate of drug-likeness (QED) is 0.758. The molecule has 102 valence electrons. The second-order valence-electron chi connectivity index (χ2n) is 5.42. The molecule has 1 nitrogen and oxygen atoms in total. The molecule has 1 unspecified atom stereocenters. The Balaban J connectivity index is 1.52. The van der Waals surface area contributed by atoms with Gasteiger partial charge in [-0.15, -0.1) is 0 Å². The molecule has 1 aliphatic rings. The second-order valence-corrected chi connectivity index (χ2v) is 5.42. The van der Waals surface area contributed by atoms with Crippen LogP contribution in [-0.2, 0) is 6.42 Å². The van der Waals surface area contributed by atoms with E-state index in [9.17, 15) is 0 Å². The Bertz CT molecular complexity index is 581. The van der Waals surface area contributed by atoms with E-state index >= 15 is 0 Å². The zero-order chi connectivity index (χ0) is 13.8. The third-order valence-corrected chi connectivity index (χ3v) is 3.94. The van der Waals surface area contributed by atoms with E-state index in [0.717, 1.165) is 18.1 Å². The number of hydrogen-bond donors (Lipinski definition) is 0. The van der Waals surface area contributed by atoms with Crippen LogP contribution in [0.4, 0.5) is 0 Å². The fourth-order valence-electron chi connectivity index (χ4n) is 2.59. The Morgan fingerprint density at radius 2 is 1.80 bits per heavy atom. The average Bonchev–Trinajstić information content (AvgIpc) is 3.25. The van der Waals surface area contributed by atoms with Gasteiger partial charge in [-0.3, -0.25) is 0 Å². The molecule has 1 heteroatoms. The lowest BCUT2D eigenvalue weighted by molar-refractivity contribution is 0.414. The smallest absolute Gasteiger partial charge is 0.118 e. The zero-order valence-corrected chi connectivity index (χ0v) is 11.9. The summed E-state index contributed by atoms with van der Waals surface area (Å²) in [6, 6.07) is 19.0. The highest BCUT2D eigenvalue weighted by atomic mass is 16.5. The first-order valence-electron chi connectivity index (χ1n) is 7.23. The van der Waals surface area contributed by atoms with Gasteiger partial charge in [0, 0.05) is 0 Å². The van der Waals surface area contributed by atoms with Crippen LogP contribution in [0.15, 0.2) is 60.2 Å². The number of benzene rings is 2. The second kappa shape index (κ2) is 5.96. The normalized spacial score (nSPS) is 19.1. The average molecular weight is 264 g/mol. The molecule has 0 bridgehead atoms. The molecule has 1 fully saturated rings. The lowest BCUT2D eigenvalue weighted by atomic mass is 10.1. The Morgan fingerprint density at radius 3 is 2.50 bits per heavy atom. The minimum Gasteiger partial charge on any atom is -0.497 e. The highest BCUT2D eigenvalue weighted by Gasteiger charge is 2.28. The van der Waals surface area contributed by atoms with Crippen LogP contribution in [0.5, 0.6) is 5.75 Å². The van der Waals surface area contributed by atoms with Gasteiger partial charge in [-0.2, -0.15) is 0 Å². The summed E-state index contributed by atoms with van der Waals surface area (Å²) in [5.41, 5.74) is 4.33. The minimum atomic E-state index is 0.789. The topological polar surface area (TPSA) is 9.23 Å². The summed E-state index contributed by atoms with van der Waals surface area (Å²) in [6.07, 6.45) is 6.02. The number of allylic oxidation sites excluding steroid dienone is 1. The molecule has 1 aliphatic carbocycles. The SMILES string of the molecule is COc1ccc(CCC2C/C2=C/c2ccccc2)cc1. The fraction of sp³-hybridized carbons (Fsp3) is 0.263. The van der Waals surface area contributed by atoms with E-state index in [1.807, 2.05) is 12.1 Å². The fourth-order valence-corrected chi connectivity index (χ4v) is 2.59. The van der Waals surface area contributed by atoms with Crippen molar-refractivity contribution in [3.05, 3.63) is 71.3 Å². The molecule has 0 N–H and O–H groups in total. The van der Waals surface area contributed by atoms with Gasteiger partial charge < -0.3 is 4.74 Å².